The van der Waals surface area contributed by atoms with E-state index in [1.165, 1.54) is 0 Å². The van der Waals surface area contributed by atoms with Gasteiger partial charge >= 0.3 is 0 Å². The Bertz CT molecular complexity index is 297. The van der Waals surface area contributed by atoms with E-state index in [2.05, 4.69) is 9.88 Å². The minimum atomic E-state index is -0.114. The first-order valence-corrected chi connectivity index (χ1v) is 5.12. The number of aliphatic hydroxyl groups is 1. The van der Waals surface area contributed by atoms with Crippen LogP contribution in [0, 0.1) is 0 Å². The Kier molecular flexibility index (Phi) is 2.84. The molecule has 1 aromatic rings. The van der Waals surface area contributed by atoms with Crippen LogP contribution in [-0.4, -0.2) is 45.3 Å². The van der Waals surface area contributed by atoms with Crippen LogP contribution in [0.15, 0.2) is 12.4 Å². The lowest BCUT2D eigenvalue weighted by atomic mass is 10.3. The molecular weight excluding hydrogens is 178 g/mol. The summed E-state index contributed by atoms with van der Waals surface area (Å²) in [5.74, 6) is 1.12. The van der Waals surface area contributed by atoms with E-state index in [-0.39, 0.29) is 6.10 Å². The number of aryl methyl sites for hydroxylation is 1. The fourth-order valence-corrected chi connectivity index (χ4v) is 1.91. The minimum absolute atomic E-state index is 0.114. The van der Waals surface area contributed by atoms with Gasteiger partial charge < -0.3 is 14.6 Å². The van der Waals surface area contributed by atoms with E-state index >= 15 is 0 Å². The Hall–Kier alpha value is -0.870. The monoisotopic (exact) mass is 195 g/mol. The van der Waals surface area contributed by atoms with Gasteiger partial charge in [0.25, 0.3) is 0 Å². The summed E-state index contributed by atoms with van der Waals surface area (Å²) in [6.45, 7) is 2.85. The summed E-state index contributed by atoms with van der Waals surface area (Å²) in [6.07, 6.45) is 5.57. The average Bonchev–Trinajstić information content (AvgIpc) is 2.72. The third kappa shape index (κ3) is 2.13. The molecule has 0 bridgehead atoms. The lowest BCUT2D eigenvalue weighted by molar-refractivity contribution is 0.176. The van der Waals surface area contributed by atoms with Gasteiger partial charge in [-0.15, -0.1) is 0 Å². The van der Waals surface area contributed by atoms with Crippen molar-refractivity contribution in [1.82, 2.24) is 14.5 Å². The molecule has 0 aliphatic carbocycles. The van der Waals surface area contributed by atoms with Gasteiger partial charge in [0.1, 0.15) is 5.82 Å². The zero-order valence-electron chi connectivity index (χ0n) is 8.56. The van der Waals surface area contributed by atoms with Gasteiger partial charge in [-0.05, 0) is 6.42 Å². The van der Waals surface area contributed by atoms with Crippen LogP contribution >= 0.6 is 0 Å². The molecule has 0 radical (unpaired) electrons. The zero-order valence-corrected chi connectivity index (χ0v) is 8.56. The topological polar surface area (TPSA) is 41.3 Å². The Morgan fingerprint density at radius 3 is 3.07 bits per heavy atom. The standard InChI is InChI=1S/C10H17N3O/c1-12-7-4-11-10(12)3-6-13-5-2-9(14)8-13/h4,7,9,14H,2-3,5-6,8H2,1H3/t9-/m1/s1. The third-order valence-electron chi connectivity index (χ3n) is 2.82. The zero-order chi connectivity index (χ0) is 9.97. The molecule has 0 amide bonds. The molecule has 1 aliphatic heterocycles. The molecule has 78 valence electrons. The maximum atomic E-state index is 9.35. The molecule has 4 nitrogen and oxygen atoms in total. The maximum absolute atomic E-state index is 9.35. The summed E-state index contributed by atoms with van der Waals surface area (Å²) in [5, 5.41) is 9.35. The number of hydrogen-bond acceptors (Lipinski definition) is 3. The predicted molar refractivity (Wildman–Crippen MR) is 54.0 cm³/mol. The van der Waals surface area contributed by atoms with Gasteiger partial charge in [-0.25, -0.2) is 4.98 Å². The molecular formula is C10H17N3O. The number of imidazole rings is 1. The lowest BCUT2D eigenvalue weighted by Gasteiger charge is -2.14. The van der Waals surface area contributed by atoms with Crippen LogP contribution in [-0.2, 0) is 13.5 Å². The molecule has 14 heavy (non-hydrogen) atoms. The number of aliphatic hydroxyl groups excluding tert-OH is 1. The third-order valence-corrected chi connectivity index (χ3v) is 2.82. The van der Waals surface area contributed by atoms with Crippen molar-refractivity contribution in [2.45, 2.75) is 18.9 Å². The van der Waals surface area contributed by atoms with Gasteiger partial charge in [0.2, 0.25) is 0 Å². The van der Waals surface area contributed by atoms with Crippen molar-refractivity contribution in [2.24, 2.45) is 7.05 Å². The van der Waals surface area contributed by atoms with Crippen molar-refractivity contribution < 1.29 is 5.11 Å². The second-order valence-electron chi connectivity index (χ2n) is 3.95. The van der Waals surface area contributed by atoms with Gasteiger partial charge in [-0.3, -0.25) is 0 Å². The van der Waals surface area contributed by atoms with E-state index in [1.807, 2.05) is 24.0 Å². The number of aromatic nitrogens is 2. The fourth-order valence-electron chi connectivity index (χ4n) is 1.91. The molecule has 1 aliphatic rings. The molecule has 1 fully saturated rings. The summed E-state index contributed by atoms with van der Waals surface area (Å²) in [4.78, 5) is 6.56. The van der Waals surface area contributed by atoms with Crippen LogP contribution in [0.1, 0.15) is 12.2 Å². The lowest BCUT2D eigenvalue weighted by Crippen LogP contribution is -2.25. The van der Waals surface area contributed by atoms with E-state index < -0.39 is 0 Å². The summed E-state index contributed by atoms with van der Waals surface area (Å²) in [7, 11) is 2.02. The molecule has 0 aromatic carbocycles. The first-order chi connectivity index (χ1) is 6.75. The average molecular weight is 195 g/mol. The van der Waals surface area contributed by atoms with Gasteiger partial charge in [0.05, 0.1) is 6.10 Å². The highest BCUT2D eigenvalue weighted by atomic mass is 16.3. The summed E-state index contributed by atoms with van der Waals surface area (Å²) >= 11 is 0. The second kappa shape index (κ2) is 4.11. The first-order valence-electron chi connectivity index (χ1n) is 5.12. The van der Waals surface area contributed by atoms with E-state index in [1.54, 1.807) is 0 Å². The number of likely N-dealkylation sites (tertiary alicyclic amines) is 1. The van der Waals surface area contributed by atoms with E-state index in [9.17, 15) is 5.11 Å². The Morgan fingerprint density at radius 1 is 1.64 bits per heavy atom. The van der Waals surface area contributed by atoms with Crippen molar-refractivity contribution in [3.05, 3.63) is 18.2 Å². The van der Waals surface area contributed by atoms with Crippen LogP contribution in [0.25, 0.3) is 0 Å². The maximum Gasteiger partial charge on any atom is 0.109 e. The largest absolute Gasteiger partial charge is 0.392 e. The first kappa shape index (κ1) is 9.68. The highest BCUT2D eigenvalue weighted by Crippen LogP contribution is 2.09. The minimum Gasteiger partial charge on any atom is -0.392 e. The number of rotatable bonds is 3. The highest BCUT2D eigenvalue weighted by Gasteiger charge is 2.19. The van der Waals surface area contributed by atoms with Crippen molar-refractivity contribution in [3.8, 4) is 0 Å². The molecule has 2 rings (SSSR count). The number of β-amino-alcohol motifs (C(OH)–C–C–N with tert-alkyl or cyclic N) is 1. The summed E-state index contributed by atoms with van der Waals surface area (Å²) in [6, 6.07) is 0. The summed E-state index contributed by atoms with van der Waals surface area (Å²) in [5.41, 5.74) is 0. The molecule has 0 unspecified atom stereocenters. The Morgan fingerprint density at radius 2 is 2.50 bits per heavy atom. The van der Waals surface area contributed by atoms with Gasteiger partial charge in [0.15, 0.2) is 0 Å². The van der Waals surface area contributed by atoms with Crippen molar-refractivity contribution >= 4 is 0 Å². The van der Waals surface area contributed by atoms with Crippen LogP contribution in [0.3, 0.4) is 0 Å². The number of hydrogen-bond donors (Lipinski definition) is 1. The smallest absolute Gasteiger partial charge is 0.109 e. The molecule has 1 atom stereocenters. The van der Waals surface area contributed by atoms with Crippen LogP contribution < -0.4 is 0 Å². The van der Waals surface area contributed by atoms with Gasteiger partial charge in [-0.1, -0.05) is 0 Å². The van der Waals surface area contributed by atoms with E-state index in [0.29, 0.717) is 0 Å². The van der Waals surface area contributed by atoms with Crippen molar-refractivity contribution in [2.75, 3.05) is 19.6 Å². The van der Waals surface area contributed by atoms with Crippen LogP contribution in [0.5, 0.6) is 0 Å². The molecule has 0 saturated carbocycles. The van der Waals surface area contributed by atoms with Crippen LogP contribution in [0.4, 0.5) is 0 Å². The molecule has 2 heterocycles. The van der Waals surface area contributed by atoms with Crippen molar-refractivity contribution in [3.63, 3.8) is 0 Å². The van der Waals surface area contributed by atoms with E-state index in [0.717, 1.165) is 38.3 Å². The molecule has 1 saturated heterocycles. The quantitative estimate of drug-likeness (QED) is 0.740. The molecule has 1 aromatic heterocycles. The molecule has 1 N–H and O–H groups in total. The van der Waals surface area contributed by atoms with Gasteiger partial charge in [0, 0.05) is 45.5 Å². The van der Waals surface area contributed by atoms with E-state index in [4.69, 9.17) is 0 Å². The molecule has 0 spiro atoms. The Labute approximate surface area is 84.2 Å². The normalized spacial score (nSPS) is 23.1. The fraction of sp³-hybridized carbons (Fsp3) is 0.700. The predicted octanol–water partition coefficient (Wildman–Crippen LogP) is 0.0292. The Balaban J connectivity index is 1.80. The summed E-state index contributed by atoms with van der Waals surface area (Å²) < 4.78 is 2.05. The van der Waals surface area contributed by atoms with Gasteiger partial charge in [-0.2, -0.15) is 0 Å². The SMILES string of the molecule is Cn1ccnc1CCN1CC[C@@H](O)C1. The van der Waals surface area contributed by atoms with Crippen LogP contribution in [0.2, 0.25) is 0 Å². The molecule has 4 heteroatoms. The number of nitrogens with zero attached hydrogens (tertiary/aromatic N) is 3. The van der Waals surface area contributed by atoms with Crippen molar-refractivity contribution in [1.29, 1.82) is 0 Å². The highest BCUT2D eigenvalue weighted by molar-refractivity contribution is 4.92. The second-order valence-corrected chi connectivity index (χ2v) is 3.95.